The number of amides is 1. The van der Waals surface area contributed by atoms with Gasteiger partial charge in [-0.2, -0.15) is 0 Å². The van der Waals surface area contributed by atoms with Crippen LogP contribution in [0.2, 0.25) is 0 Å². The smallest absolute Gasteiger partial charge is 0.326 e. The summed E-state index contributed by atoms with van der Waals surface area (Å²) in [5, 5.41) is 0. The van der Waals surface area contributed by atoms with Crippen LogP contribution in [0.4, 0.5) is 5.82 Å². The summed E-state index contributed by atoms with van der Waals surface area (Å²) in [5.74, 6) is 0.824. The molecule has 190 valence electrons. The molecule has 0 spiro atoms. The Morgan fingerprint density at radius 3 is 2.36 bits per heavy atom. The van der Waals surface area contributed by atoms with Crippen molar-refractivity contribution in [2.45, 2.75) is 57.0 Å². The number of anilines is 1. The number of carbonyl (C=O) groups excluding carboxylic acids is 1. The Balaban J connectivity index is 1.04. The summed E-state index contributed by atoms with van der Waals surface area (Å²) in [6.07, 6.45) is 10.9. The van der Waals surface area contributed by atoms with Gasteiger partial charge in [-0.1, -0.05) is 12.1 Å². The van der Waals surface area contributed by atoms with E-state index in [9.17, 15) is 9.59 Å². The van der Waals surface area contributed by atoms with Gasteiger partial charge in [0.1, 0.15) is 11.5 Å². The number of rotatable bonds is 4. The molecule has 5 heterocycles. The van der Waals surface area contributed by atoms with Gasteiger partial charge in [-0.25, -0.2) is 9.78 Å². The molecule has 9 nitrogen and oxygen atoms in total. The van der Waals surface area contributed by atoms with E-state index in [1.807, 2.05) is 33.7 Å². The minimum absolute atomic E-state index is 0.00257. The number of aromatic nitrogens is 4. The molecule has 2 aromatic heterocycles. The van der Waals surface area contributed by atoms with Gasteiger partial charge in [-0.3, -0.25) is 14.3 Å². The zero-order valence-electron chi connectivity index (χ0n) is 20.8. The maximum atomic E-state index is 13.2. The van der Waals surface area contributed by atoms with Crippen LogP contribution in [0.1, 0.15) is 61.5 Å². The molecule has 0 unspecified atom stereocenters. The Bertz CT molecular complexity index is 1260. The molecule has 0 atom stereocenters. The number of nitrogens with one attached hydrogen (secondary N) is 1. The second kappa shape index (κ2) is 10.0. The van der Waals surface area contributed by atoms with E-state index >= 15 is 0 Å². The lowest BCUT2D eigenvalue weighted by atomic mass is 9.97. The van der Waals surface area contributed by atoms with Crippen molar-refractivity contribution < 1.29 is 4.79 Å². The maximum Gasteiger partial charge on any atom is 0.326 e. The first-order valence-electron chi connectivity index (χ1n) is 13.5. The number of hydrogen-bond donors (Lipinski definition) is 1. The van der Waals surface area contributed by atoms with Crippen LogP contribution in [0.5, 0.6) is 0 Å². The average molecular weight is 490 g/mol. The summed E-state index contributed by atoms with van der Waals surface area (Å²) in [7, 11) is 0. The predicted molar refractivity (Wildman–Crippen MR) is 139 cm³/mol. The molecular weight excluding hydrogens is 454 g/mol. The molecule has 3 aliphatic rings. The highest BCUT2D eigenvalue weighted by Crippen LogP contribution is 2.28. The first-order chi connectivity index (χ1) is 17.7. The number of imidazole rings is 1. The zero-order valence-corrected chi connectivity index (χ0v) is 20.8. The van der Waals surface area contributed by atoms with Gasteiger partial charge in [-0.15, -0.1) is 0 Å². The number of hydrogen-bond acceptors (Lipinski definition) is 6. The van der Waals surface area contributed by atoms with E-state index in [0.717, 1.165) is 81.8 Å². The number of carbonyl (C=O) groups is 1. The third kappa shape index (κ3) is 4.52. The molecule has 36 heavy (non-hydrogen) atoms. The Morgan fingerprint density at radius 1 is 0.861 bits per heavy atom. The molecule has 3 fully saturated rings. The number of aromatic amines is 1. The Hall–Kier alpha value is -3.20. The average Bonchev–Trinajstić information content (AvgIpc) is 3.29. The Labute approximate surface area is 211 Å². The fourth-order valence-corrected chi connectivity index (χ4v) is 6.28. The maximum absolute atomic E-state index is 13.2. The third-order valence-electron chi connectivity index (χ3n) is 8.28. The predicted octanol–water partition coefficient (Wildman–Crippen LogP) is 3.05. The fraction of sp³-hybridized carbons (Fsp3) is 0.556. The number of H-pyrrole nitrogens is 1. The van der Waals surface area contributed by atoms with Crippen molar-refractivity contribution in [1.82, 2.24) is 29.3 Å². The number of piperidine rings is 3. The van der Waals surface area contributed by atoms with Crippen molar-refractivity contribution in [3.8, 4) is 0 Å². The molecule has 3 saturated heterocycles. The first-order valence-corrected chi connectivity index (χ1v) is 13.5. The summed E-state index contributed by atoms with van der Waals surface area (Å²) in [6, 6.07) is 8.66. The fourth-order valence-electron chi connectivity index (χ4n) is 6.28. The van der Waals surface area contributed by atoms with Crippen LogP contribution in [0, 0.1) is 0 Å². The molecule has 6 rings (SSSR count). The number of benzene rings is 1. The van der Waals surface area contributed by atoms with E-state index in [-0.39, 0.29) is 17.6 Å². The lowest BCUT2D eigenvalue weighted by molar-refractivity contribution is 0.0553. The molecule has 0 saturated carbocycles. The molecule has 3 aliphatic heterocycles. The number of fused-ring (bicyclic) bond motifs is 1. The topological polar surface area (TPSA) is 90.4 Å². The molecule has 0 radical (unpaired) electrons. The summed E-state index contributed by atoms with van der Waals surface area (Å²) in [6.45, 7) is 5.45. The number of likely N-dealkylation sites (tertiary alicyclic amines) is 2. The molecule has 1 aromatic carbocycles. The molecule has 0 bridgehead atoms. The van der Waals surface area contributed by atoms with Crippen molar-refractivity contribution in [1.29, 1.82) is 0 Å². The van der Waals surface area contributed by atoms with Gasteiger partial charge in [0.2, 0.25) is 0 Å². The van der Waals surface area contributed by atoms with Crippen molar-refractivity contribution in [3.63, 3.8) is 0 Å². The van der Waals surface area contributed by atoms with Gasteiger partial charge in [0.15, 0.2) is 0 Å². The van der Waals surface area contributed by atoms with Gasteiger partial charge >= 0.3 is 5.69 Å². The third-order valence-corrected chi connectivity index (χ3v) is 8.28. The van der Waals surface area contributed by atoms with Gasteiger partial charge in [0, 0.05) is 51.4 Å². The summed E-state index contributed by atoms with van der Waals surface area (Å²) in [5.41, 5.74) is 2.36. The zero-order chi connectivity index (χ0) is 24.5. The van der Waals surface area contributed by atoms with Gasteiger partial charge in [0.25, 0.3) is 5.91 Å². The highest BCUT2D eigenvalue weighted by atomic mass is 16.2. The van der Waals surface area contributed by atoms with Crippen LogP contribution in [0.15, 0.2) is 41.5 Å². The summed E-state index contributed by atoms with van der Waals surface area (Å²) >= 11 is 0. The van der Waals surface area contributed by atoms with E-state index in [1.54, 1.807) is 12.4 Å². The first kappa shape index (κ1) is 23.2. The molecule has 1 N–H and O–H groups in total. The lowest BCUT2D eigenvalue weighted by Crippen LogP contribution is -2.49. The highest BCUT2D eigenvalue weighted by Gasteiger charge is 2.31. The van der Waals surface area contributed by atoms with Crippen molar-refractivity contribution in [2.24, 2.45) is 0 Å². The molecular formula is C27H35N7O2. The molecule has 3 aromatic rings. The van der Waals surface area contributed by atoms with E-state index in [4.69, 9.17) is 0 Å². The SMILES string of the molecule is O=C(c1cncc(N2CCCCC2)n1)N1CCC(N2CCC(n3c(=O)[nH]c4ccccc43)CC2)CC1. The standard InChI is InChI=1S/C27H35N7O2/c35-26(23-18-28-19-25(29-23)32-12-4-1-5-13-32)33-16-8-20(9-17-33)31-14-10-21(11-15-31)34-24-7-3-2-6-22(24)30-27(34)36/h2-3,6-7,18-21H,1,4-5,8-17H2,(H,30,36). The van der Waals surface area contributed by atoms with Crippen LogP contribution in [0.25, 0.3) is 11.0 Å². The Kier molecular flexibility index (Phi) is 6.48. The van der Waals surface area contributed by atoms with Crippen LogP contribution < -0.4 is 10.6 Å². The van der Waals surface area contributed by atoms with Crippen LogP contribution in [-0.2, 0) is 0 Å². The second-order valence-electron chi connectivity index (χ2n) is 10.4. The minimum atomic E-state index is -0.00562. The van der Waals surface area contributed by atoms with E-state index in [1.165, 1.54) is 19.3 Å². The number of para-hydroxylation sites is 2. The normalized spacial score (nSPS) is 20.8. The van der Waals surface area contributed by atoms with Crippen molar-refractivity contribution in [3.05, 3.63) is 52.8 Å². The largest absolute Gasteiger partial charge is 0.355 e. The van der Waals surface area contributed by atoms with Gasteiger partial charge < -0.3 is 19.7 Å². The van der Waals surface area contributed by atoms with E-state index in [2.05, 4.69) is 24.8 Å². The van der Waals surface area contributed by atoms with Crippen LogP contribution in [-0.4, -0.2) is 80.5 Å². The van der Waals surface area contributed by atoms with Crippen LogP contribution in [0.3, 0.4) is 0 Å². The summed E-state index contributed by atoms with van der Waals surface area (Å²) < 4.78 is 1.95. The monoisotopic (exact) mass is 489 g/mol. The second-order valence-corrected chi connectivity index (χ2v) is 10.4. The Morgan fingerprint density at radius 2 is 1.58 bits per heavy atom. The number of nitrogens with zero attached hydrogens (tertiary/aromatic N) is 6. The van der Waals surface area contributed by atoms with E-state index < -0.39 is 0 Å². The van der Waals surface area contributed by atoms with Crippen molar-refractivity contribution >= 4 is 22.8 Å². The highest BCUT2D eigenvalue weighted by molar-refractivity contribution is 5.92. The van der Waals surface area contributed by atoms with E-state index in [0.29, 0.717) is 11.7 Å². The van der Waals surface area contributed by atoms with Crippen LogP contribution >= 0.6 is 0 Å². The van der Waals surface area contributed by atoms with Crippen molar-refractivity contribution in [2.75, 3.05) is 44.2 Å². The lowest BCUT2D eigenvalue weighted by Gasteiger charge is -2.42. The molecule has 1 amide bonds. The molecule has 0 aliphatic carbocycles. The van der Waals surface area contributed by atoms with Gasteiger partial charge in [0.05, 0.1) is 23.4 Å². The minimum Gasteiger partial charge on any atom is -0.355 e. The van der Waals surface area contributed by atoms with Gasteiger partial charge in [-0.05, 0) is 57.1 Å². The summed E-state index contributed by atoms with van der Waals surface area (Å²) in [4.78, 5) is 44.5. The molecule has 9 heteroatoms. The quantitative estimate of drug-likeness (QED) is 0.606.